The first kappa shape index (κ1) is 28.7. The fourth-order valence-electron chi connectivity index (χ4n) is 4.04. The number of ether oxygens (including phenoxy) is 3. The minimum absolute atomic E-state index is 0.0487. The Morgan fingerprint density at radius 2 is 1.62 bits per heavy atom. The number of para-hydroxylation sites is 1. The SMILES string of the molecule is COc1ccc(/C=N/NC(=O)CSc2nnc(-c3ccc(C(C)(C)C)cc3)n2-c2ccccc2)c(OC)c1OC. The van der Waals surface area contributed by atoms with E-state index in [2.05, 4.69) is 65.8 Å². The molecule has 0 aliphatic heterocycles. The molecule has 0 aliphatic carbocycles. The third-order valence-corrected chi connectivity index (χ3v) is 7.05. The Morgan fingerprint density at radius 3 is 2.25 bits per heavy atom. The van der Waals surface area contributed by atoms with Crippen molar-refractivity contribution in [2.75, 3.05) is 27.1 Å². The molecule has 0 saturated carbocycles. The molecule has 0 atom stereocenters. The zero-order valence-electron chi connectivity index (χ0n) is 23.5. The van der Waals surface area contributed by atoms with E-state index in [0.717, 1.165) is 11.3 Å². The van der Waals surface area contributed by atoms with Gasteiger partial charge in [0.1, 0.15) is 0 Å². The molecule has 1 N–H and O–H groups in total. The van der Waals surface area contributed by atoms with Gasteiger partial charge < -0.3 is 14.2 Å². The number of thioether (sulfide) groups is 1. The van der Waals surface area contributed by atoms with Crippen LogP contribution in [0.4, 0.5) is 0 Å². The molecule has 40 heavy (non-hydrogen) atoms. The Labute approximate surface area is 238 Å². The molecule has 4 aromatic rings. The Morgan fingerprint density at radius 1 is 0.925 bits per heavy atom. The molecule has 4 rings (SSSR count). The second-order valence-electron chi connectivity index (χ2n) is 9.81. The monoisotopic (exact) mass is 559 g/mol. The summed E-state index contributed by atoms with van der Waals surface area (Å²) in [6.07, 6.45) is 1.50. The van der Waals surface area contributed by atoms with E-state index in [1.807, 2.05) is 34.9 Å². The number of nitrogens with zero attached hydrogens (tertiary/aromatic N) is 4. The molecule has 1 amide bonds. The van der Waals surface area contributed by atoms with E-state index in [1.165, 1.54) is 37.8 Å². The normalized spacial score (nSPS) is 11.4. The highest BCUT2D eigenvalue weighted by Gasteiger charge is 2.19. The Balaban J connectivity index is 1.51. The van der Waals surface area contributed by atoms with Crippen LogP contribution >= 0.6 is 11.8 Å². The standard InChI is InChI=1S/C30H33N5O4S/c1-30(2,3)22-15-12-20(13-16-22)28-33-34-29(35(28)23-10-8-7-9-11-23)40-19-25(36)32-31-18-21-14-17-24(37-4)27(39-6)26(21)38-5/h7-18H,19H2,1-6H3,(H,32,36)/b31-18+. The summed E-state index contributed by atoms with van der Waals surface area (Å²) in [4.78, 5) is 12.7. The molecule has 0 unspecified atom stereocenters. The number of nitrogens with one attached hydrogen (secondary N) is 1. The molecule has 1 heterocycles. The fraction of sp³-hybridized carbons (Fsp3) is 0.267. The number of hydrazone groups is 1. The summed E-state index contributed by atoms with van der Waals surface area (Å²) < 4.78 is 18.1. The van der Waals surface area contributed by atoms with Crippen LogP contribution in [-0.4, -0.2) is 54.0 Å². The van der Waals surface area contributed by atoms with Gasteiger partial charge in [-0.2, -0.15) is 5.10 Å². The van der Waals surface area contributed by atoms with Crippen molar-refractivity contribution in [3.05, 3.63) is 77.9 Å². The topological polar surface area (TPSA) is 99.9 Å². The van der Waals surface area contributed by atoms with Gasteiger partial charge in [0.25, 0.3) is 5.91 Å². The van der Waals surface area contributed by atoms with Crippen molar-refractivity contribution < 1.29 is 19.0 Å². The van der Waals surface area contributed by atoms with Gasteiger partial charge in [-0.1, -0.05) is 75.0 Å². The Hall–Kier alpha value is -4.31. The average Bonchev–Trinajstić information content (AvgIpc) is 3.39. The van der Waals surface area contributed by atoms with E-state index in [-0.39, 0.29) is 17.1 Å². The van der Waals surface area contributed by atoms with E-state index in [1.54, 1.807) is 19.2 Å². The number of hydrogen-bond donors (Lipinski definition) is 1. The van der Waals surface area contributed by atoms with E-state index in [9.17, 15) is 4.79 Å². The minimum Gasteiger partial charge on any atom is -0.493 e. The maximum absolute atomic E-state index is 12.7. The third kappa shape index (κ3) is 6.45. The van der Waals surface area contributed by atoms with Crippen LogP contribution in [0.1, 0.15) is 31.9 Å². The number of carbonyl (C=O) groups is 1. The van der Waals surface area contributed by atoms with Crippen LogP contribution in [0.5, 0.6) is 17.2 Å². The molecule has 0 spiro atoms. The predicted molar refractivity (Wildman–Crippen MR) is 158 cm³/mol. The molecule has 10 heteroatoms. The molecule has 9 nitrogen and oxygen atoms in total. The molecular formula is C30H33N5O4S. The van der Waals surface area contributed by atoms with Crippen molar-refractivity contribution in [1.82, 2.24) is 20.2 Å². The zero-order chi connectivity index (χ0) is 28.7. The van der Waals surface area contributed by atoms with Gasteiger partial charge in [-0.3, -0.25) is 9.36 Å². The van der Waals surface area contributed by atoms with Gasteiger partial charge >= 0.3 is 0 Å². The van der Waals surface area contributed by atoms with Crippen LogP contribution in [0.2, 0.25) is 0 Å². The fourth-order valence-corrected chi connectivity index (χ4v) is 4.79. The quantitative estimate of drug-likeness (QED) is 0.156. The highest BCUT2D eigenvalue weighted by atomic mass is 32.2. The third-order valence-electron chi connectivity index (χ3n) is 6.12. The second-order valence-corrected chi connectivity index (χ2v) is 10.8. The molecule has 0 bridgehead atoms. The van der Waals surface area contributed by atoms with Crippen molar-refractivity contribution >= 4 is 23.9 Å². The van der Waals surface area contributed by atoms with Crippen LogP contribution in [0.25, 0.3) is 17.1 Å². The maximum atomic E-state index is 12.7. The van der Waals surface area contributed by atoms with E-state index in [4.69, 9.17) is 14.2 Å². The lowest BCUT2D eigenvalue weighted by atomic mass is 9.87. The number of rotatable bonds is 10. The van der Waals surface area contributed by atoms with Gasteiger partial charge in [-0.15, -0.1) is 10.2 Å². The van der Waals surface area contributed by atoms with Gasteiger partial charge in [0.15, 0.2) is 22.5 Å². The van der Waals surface area contributed by atoms with Gasteiger partial charge in [0.05, 0.1) is 33.3 Å². The van der Waals surface area contributed by atoms with Gasteiger partial charge in [0, 0.05) is 16.8 Å². The average molecular weight is 560 g/mol. The minimum atomic E-state index is -0.292. The van der Waals surface area contributed by atoms with Crippen LogP contribution in [-0.2, 0) is 10.2 Å². The van der Waals surface area contributed by atoms with Crippen molar-refractivity contribution in [3.63, 3.8) is 0 Å². The highest BCUT2D eigenvalue weighted by molar-refractivity contribution is 7.99. The van der Waals surface area contributed by atoms with Crippen LogP contribution in [0.15, 0.2) is 77.0 Å². The molecule has 1 aromatic heterocycles. The Bertz CT molecular complexity index is 1480. The van der Waals surface area contributed by atoms with Crippen LogP contribution in [0, 0.1) is 0 Å². The smallest absolute Gasteiger partial charge is 0.250 e. The second kappa shape index (κ2) is 12.7. The van der Waals surface area contributed by atoms with E-state index < -0.39 is 0 Å². The van der Waals surface area contributed by atoms with Crippen molar-refractivity contribution in [1.29, 1.82) is 0 Å². The summed E-state index contributed by atoms with van der Waals surface area (Å²) in [5.74, 6) is 1.93. The predicted octanol–water partition coefficient (Wildman–Crippen LogP) is 5.50. The summed E-state index contributed by atoms with van der Waals surface area (Å²) in [5, 5.41) is 13.6. The summed E-state index contributed by atoms with van der Waals surface area (Å²) >= 11 is 1.28. The summed E-state index contributed by atoms with van der Waals surface area (Å²) in [6, 6.07) is 21.7. The van der Waals surface area contributed by atoms with Crippen molar-refractivity contribution in [2.24, 2.45) is 5.10 Å². The molecule has 0 aliphatic rings. The first-order valence-corrected chi connectivity index (χ1v) is 13.6. The zero-order valence-corrected chi connectivity index (χ0v) is 24.3. The summed E-state index contributed by atoms with van der Waals surface area (Å²) in [5.41, 5.74) is 6.32. The molecule has 0 fully saturated rings. The van der Waals surface area contributed by atoms with Crippen molar-refractivity contribution in [2.45, 2.75) is 31.3 Å². The first-order chi connectivity index (χ1) is 19.3. The summed E-state index contributed by atoms with van der Waals surface area (Å²) in [6.45, 7) is 6.55. The molecule has 0 saturated heterocycles. The van der Waals surface area contributed by atoms with Gasteiger partial charge in [-0.05, 0) is 35.2 Å². The Kier molecular flexibility index (Phi) is 9.11. The molecule has 208 valence electrons. The lowest BCUT2D eigenvalue weighted by Crippen LogP contribution is -2.20. The first-order valence-electron chi connectivity index (χ1n) is 12.6. The number of aromatic nitrogens is 3. The largest absolute Gasteiger partial charge is 0.493 e. The van der Waals surface area contributed by atoms with Crippen molar-refractivity contribution in [3.8, 4) is 34.3 Å². The number of benzene rings is 3. The molecule has 3 aromatic carbocycles. The number of hydrogen-bond acceptors (Lipinski definition) is 8. The lowest BCUT2D eigenvalue weighted by molar-refractivity contribution is -0.118. The van der Waals surface area contributed by atoms with Gasteiger partial charge in [-0.25, -0.2) is 5.43 Å². The highest BCUT2D eigenvalue weighted by Crippen LogP contribution is 2.39. The molecule has 0 radical (unpaired) electrons. The summed E-state index contributed by atoms with van der Waals surface area (Å²) in [7, 11) is 4.61. The lowest BCUT2D eigenvalue weighted by Gasteiger charge is -2.19. The number of amides is 1. The van der Waals surface area contributed by atoms with Crippen LogP contribution in [0.3, 0.4) is 0 Å². The van der Waals surface area contributed by atoms with Gasteiger partial charge in [0.2, 0.25) is 5.75 Å². The maximum Gasteiger partial charge on any atom is 0.250 e. The van der Waals surface area contributed by atoms with Crippen LogP contribution < -0.4 is 19.6 Å². The molecular weight excluding hydrogens is 526 g/mol. The van der Waals surface area contributed by atoms with E-state index in [0.29, 0.717) is 33.8 Å². The number of carbonyl (C=O) groups excluding carboxylic acids is 1. The number of methoxy groups -OCH3 is 3. The van der Waals surface area contributed by atoms with E-state index >= 15 is 0 Å².